The van der Waals surface area contributed by atoms with Crippen molar-refractivity contribution in [2.75, 3.05) is 19.6 Å². The van der Waals surface area contributed by atoms with Crippen molar-refractivity contribution in [3.63, 3.8) is 0 Å². The molecule has 0 aromatic heterocycles. The first-order valence-electron chi connectivity index (χ1n) is 6.33. The lowest BCUT2D eigenvalue weighted by Gasteiger charge is -2.18. The fraction of sp³-hybridized carbons (Fsp3) is 0.462. The van der Waals surface area contributed by atoms with Gasteiger partial charge in [0.05, 0.1) is 5.56 Å². The van der Waals surface area contributed by atoms with Gasteiger partial charge in [-0.05, 0) is 17.5 Å². The summed E-state index contributed by atoms with van der Waals surface area (Å²) in [6.45, 7) is 1.85. The molecule has 0 unspecified atom stereocenters. The second kappa shape index (κ2) is 4.66. The number of alkyl halides is 3. The molecule has 2 heterocycles. The Balaban J connectivity index is 2.08. The third kappa shape index (κ3) is 2.33. The predicted octanol–water partition coefficient (Wildman–Crippen LogP) is 1.63. The Labute approximate surface area is 113 Å². The summed E-state index contributed by atoms with van der Waals surface area (Å²) in [5.41, 5.74) is 0.623. The number of rotatable bonds is 1. The van der Waals surface area contributed by atoms with Gasteiger partial charge in [-0.25, -0.2) is 0 Å². The van der Waals surface area contributed by atoms with Crippen LogP contribution in [0, 0.1) is 5.92 Å². The zero-order chi connectivity index (χ0) is 14.3. The normalized spacial score (nSPS) is 25.4. The van der Waals surface area contributed by atoms with E-state index in [1.165, 1.54) is 12.1 Å². The van der Waals surface area contributed by atoms with Crippen LogP contribution in [-0.2, 0) is 0 Å². The molecule has 2 aliphatic heterocycles. The summed E-state index contributed by atoms with van der Waals surface area (Å²) in [4.78, 5) is 12.1. The zero-order valence-corrected chi connectivity index (χ0v) is 10.5. The molecule has 0 bridgehead atoms. The Bertz CT molecular complexity index is 545. The molecule has 4 nitrogen and oxygen atoms in total. The first kappa shape index (κ1) is 13.2. The van der Waals surface area contributed by atoms with Gasteiger partial charge >= 0.3 is 6.36 Å². The highest BCUT2D eigenvalue weighted by molar-refractivity contribution is 5.99. The van der Waals surface area contributed by atoms with Crippen molar-refractivity contribution >= 4 is 5.91 Å². The van der Waals surface area contributed by atoms with E-state index in [1.807, 2.05) is 0 Å². The summed E-state index contributed by atoms with van der Waals surface area (Å²) in [6, 6.07) is 4.37. The number of fused-ring (bicyclic) bond motifs is 3. The van der Waals surface area contributed by atoms with E-state index in [0.29, 0.717) is 18.7 Å². The number of nitrogens with one attached hydrogen (secondary N) is 2. The predicted molar refractivity (Wildman–Crippen MR) is 64.6 cm³/mol. The molecule has 7 heteroatoms. The van der Waals surface area contributed by atoms with Crippen molar-refractivity contribution in [1.29, 1.82) is 0 Å². The Kier molecular flexibility index (Phi) is 3.08. The summed E-state index contributed by atoms with van der Waals surface area (Å²) < 4.78 is 41.3. The minimum Gasteiger partial charge on any atom is -0.405 e. The molecular formula is C13H13F3N2O2. The van der Waals surface area contributed by atoms with Gasteiger partial charge in [0.2, 0.25) is 0 Å². The number of carbonyl (C=O) groups is 1. The molecule has 1 aromatic carbocycles. The second-order valence-corrected chi connectivity index (χ2v) is 5.00. The minimum atomic E-state index is -4.81. The quantitative estimate of drug-likeness (QED) is 0.825. The molecule has 0 spiro atoms. The number of ether oxygens (including phenoxy) is 1. The van der Waals surface area contributed by atoms with Crippen molar-refractivity contribution in [2.45, 2.75) is 12.3 Å². The van der Waals surface area contributed by atoms with Gasteiger partial charge in [-0.1, -0.05) is 12.1 Å². The third-order valence-electron chi connectivity index (χ3n) is 3.78. The lowest BCUT2D eigenvalue weighted by Crippen LogP contribution is -2.29. The lowest BCUT2D eigenvalue weighted by atomic mass is 9.87. The van der Waals surface area contributed by atoms with Gasteiger partial charge in [0.15, 0.2) is 0 Å². The van der Waals surface area contributed by atoms with E-state index < -0.39 is 18.0 Å². The monoisotopic (exact) mass is 286 g/mol. The van der Waals surface area contributed by atoms with Crippen LogP contribution in [0.2, 0.25) is 0 Å². The van der Waals surface area contributed by atoms with E-state index in [-0.39, 0.29) is 17.4 Å². The summed E-state index contributed by atoms with van der Waals surface area (Å²) in [5.74, 6) is -0.712. The number of hydrogen-bond acceptors (Lipinski definition) is 3. The average Bonchev–Trinajstić information content (AvgIpc) is 2.77. The number of benzene rings is 1. The number of amides is 1. The summed E-state index contributed by atoms with van der Waals surface area (Å²) in [7, 11) is 0. The smallest absolute Gasteiger partial charge is 0.405 e. The van der Waals surface area contributed by atoms with Crippen LogP contribution in [0.4, 0.5) is 13.2 Å². The van der Waals surface area contributed by atoms with E-state index in [1.54, 1.807) is 6.07 Å². The third-order valence-corrected chi connectivity index (χ3v) is 3.78. The van der Waals surface area contributed by atoms with Crippen molar-refractivity contribution in [1.82, 2.24) is 10.6 Å². The maximum atomic E-state index is 12.4. The zero-order valence-electron chi connectivity index (χ0n) is 10.5. The van der Waals surface area contributed by atoms with Crippen molar-refractivity contribution < 1.29 is 22.7 Å². The fourth-order valence-corrected chi connectivity index (χ4v) is 2.93. The molecule has 2 aliphatic rings. The van der Waals surface area contributed by atoms with Crippen LogP contribution in [0.25, 0.3) is 0 Å². The average molecular weight is 286 g/mol. The van der Waals surface area contributed by atoms with Gasteiger partial charge in [0.25, 0.3) is 5.91 Å². The standard InChI is InChI=1S/C13H13F3N2O2/c14-13(15,16)20-10-3-1-2-8-9-6-17-4-7(9)5-18-12(19)11(8)10/h1-3,7,9,17H,4-6H2,(H,18,19)/t7-,9+/m1/s1. The topological polar surface area (TPSA) is 50.4 Å². The van der Waals surface area contributed by atoms with Crippen LogP contribution in [-0.4, -0.2) is 31.9 Å². The second-order valence-electron chi connectivity index (χ2n) is 5.00. The largest absolute Gasteiger partial charge is 0.573 e. The Morgan fingerprint density at radius 2 is 2.00 bits per heavy atom. The molecule has 2 atom stereocenters. The molecule has 0 radical (unpaired) electrons. The number of halogens is 3. The van der Waals surface area contributed by atoms with Gasteiger partial charge < -0.3 is 15.4 Å². The summed E-state index contributed by atoms with van der Waals surface area (Å²) in [5, 5.41) is 5.87. The van der Waals surface area contributed by atoms with Crippen LogP contribution in [0.15, 0.2) is 18.2 Å². The highest BCUT2D eigenvalue weighted by Crippen LogP contribution is 2.37. The molecule has 20 heavy (non-hydrogen) atoms. The van der Waals surface area contributed by atoms with Crippen LogP contribution < -0.4 is 15.4 Å². The lowest BCUT2D eigenvalue weighted by molar-refractivity contribution is -0.274. The molecule has 1 amide bonds. The Morgan fingerprint density at radius 3 is 2.75 bits per heavy atom. The van der Waals surface area contributed by atoms with Crippen molar-refractivity contribution in [3.05, 3.63) is 29.3 Å². The molecule has 2 N–H and O–H groups in total. The number of hydrogen-bond donors (Lipinski definition) is 2. The molecule has 0 saturated carbocycles. The Hall–Kier alpha value is -1.76. The molecular weight excluding hydrogens is 273 g/mol. The van der Waals surface area contributed by atoms with Crippen molar-refractivity contribution in [3.8, 4) is 5.75 Å². The first-order chi connectivity index (χ1) is 9.46. The molecule has 1 fully saturated rings. The van der Waals surface area contributed by atoms with Gasteiger partial charge in [-0.15, -0.1) is 13.2 Å². The highest BCUT2D eigenvalue weighted by atomic mass is 19.4. The fourth-order valence-electron chi connectivity index (χ4n) is 2.93. The SMILES string of the molecule is O=C1NC[C@H]2CNC[C@@H]2c2cccc(OC(F)(F)F)c21. The summed E-state index contributed by atoms with van der Waals surface area (Å²) >= 11 is 0. The molecule has 0 aliphatic carbocycles. The highest BCUT2D eigenvalue weighted by Gasteiger charge is 2.38. The van der Waals surface area contributed by atoms with Crippen LogP contribution in [0.1, 0.15) is 21.8 Å². The van der Waals surface area contributed by atoms with Gasteiger partial charge in [0.1, 0.15) is 5.75 Å². The van der Waals surface area contributed by atoms with Crippen molar-refractivity contribution in [2.24, 2.45) is 5.92 Å². The van der Waals surface area contributed by atoms with E-state index in [2.05, 4.69) is 15.4 Å². The van der Waals surface area contributed by atoms with E-state index in [4.69, 9.17) is 0 Å². The molecule has 3 rings (SSSR count). The maximum Gasteiger partial charge on any atom is 0.573 e. The van der Waals surface area contributed by atoms with Gasteiger partial charge in [0, 0.05) is 25.6 Å². The number of carbonyl (C=O) groups excluding carboxylic acids is 1. The van der Waals surface area contributed by atoms with E-state index in [9.17, 15) is 18.0 Å². The Morgan fingerprint density at radius 1 is 1.20 bits per heavy atom. The summed E-state index contributed by atoms with van der Waals surface area (Å²) in [6.07, 6.45) is -4.81. The van der Waals surface area contributed by atoms with E-state index in [0.717, 1.165) is 6.54 Å². The van der Waals surface area contributed by atoms with Gasteiger partial charge in [-0.3, -0.25) is 4.79 Å². The molecule has 1 saturated heterocycles. The van der Waals surface area contributed by atoms with Gasteiger partial charge in [-0.2, -0.15) is 0 Å². The molecule has 1 aromatic rings. The first-order valence-corrected chi connectivity index (χ1v) is 6.33. The van der Waals surface area contributed by atoms with Crippen LogP contribution in [0.5, 0.6) is 5.75 Å². The minimum absolute atomic E-state index is 0.000949. The van der Waals surface area contributed by atoms with Crippen LogP contribution in [0.3, 0.4) is 0 Å². The maximum absolute atomic E-state index is 12.4. The van der Waals surface area contributed by atoms with E-state index >= 15 is 0 Å². The molecule has 108 valence electrons. The van der Waals surface area contributed by atoms with Crippen LogP contribution >= 0.6 is 0 Å².